The van der Waals surface area contributed by atoms with Crippen molar-refractivity contribution in [3.8, 4) is 0 Å². The van der Waals surface area contributed by atoms with E-state index in [0.717, 1.165) is 37.2 Å². The second kappa shape index (κ2) is 8.54. The molecule has 1 aliphatic rings. The maximum atomic E-state index is 12.5. The van der Waals surface area contributed by atoms with E-state index in [2.05, 4.69) is 46.9 Å². The quantitative estimate of drug-likeness (QED) is 0.777. The molecule has 0 bridgehead atoms. The highest BCUT2D eigenvalue weighted by molar-refractivity contribution is 7.99. The lowest BCUT2D eigenvalue weighted by Crippen LogP contribution is -2.32. The molecule has 1 aromatic carbocycles. The predicted octanol–water partition coefficient (Wildman–Crippen LogP) is 3.41. The lowest BCUT2D eigenvalue weighted by molar-refractivity contribution is 0.0933. The Balaban J connectivity index is 1.60. The van der Waals surface area contributed by atoms with Gasteiger partial charge in [0.25, 0.3) is 5.91 Å². The number of carbonyl (C=O) groups is 1. The van der Waals surface area contributed by atoms with Crippen LogP contribution < -0.4 is 10.6 Å². The number of hydrogen-bond donors (Lipinski definition) is 2. The molecule has 25 heavy (non-hydrogen) atoms. The molecule has 2 unspecified atom stereocenters. The number of piperidine rings is 1. The zero-order chi connectivity index (χ0) is 17.6. The SMILES string of the molecule is CCSc1ccc(C(C)NC(=O)c2ccn(C3CCCNC3)n2)cc1. The van der Waals surface area contributed by atoms with Gasteiger partial charge in [-0.05, 0) is 55.8 Å². The van der Waals surface area contributed by atoms with Crippen molar-refractivity contribution in [2.24, 2.45) is 0 Å². The molecular weight excluding hydrogens is 332 g/mol. The Labute approximate surface area is 153 Å². The second-order valence-electron chi connectivity index (χ2n) is 6.38. The minimum Gasteiger partial charge on any atom is -0.344 e. The first-order valence-corrected chi connectivity index (χ1v) is 9.95. The third kappa shape index (κ3) is 4.64. The molecule has 0 aliphatic carbocycles. The standard InChI is InChI=1S/C19H26N4OS/c1-3-25-17-8-6-15(7-9-17)14(2)21-19(24)18-10-12-23(22-18)16-5-4-11-20-13-16/h6-10,12,14,16,20H,3-5,11,13H2,1-2H3,(H,21,24). The molecule has 1 amide bonds. The topological polar surface area (TPSA) is 59.0 Å². The Hall–Kier alpha value is -1.79. The van der Waals surface area contributed by atoms with Crippen LogP contribution in [-0.2, 0) is 0 Å². The number of aromatic nitrogens is 2. The molecule has 134 valence electrons. The molecular formula is C19H26N4OS. The number of amides is 1. The zero-order valence-electron chi connectivity index (χ0n) is 14.9. The molecule has 6 heteroatoms. The fraction of sp³-hybridized carbons (Fsp3) is 0.474. The van der Waals surface area contributed by atoms with E-state index in [1.165, 1.54) is 4.90 Å². The van der Waals surface area contributed by atoms with Gasteiger partial charge in [0.2, 0.25) is 0 Å². The summed E-state index contributed by atoms with van der Waals surface area (Å²) in [6.07, 6.45) is 4.16. The van der Waals surface area contributed by atoms with Gasteiger partial charge in [-0.3, -0.25) is 9.48 Å². The highest BCUT2D eigenvalue weighted by Crippen LogP contribution is 2.21. The van der Waals surface area contributed by atoms with E-state index in [9.17, 15) is 4.79 Å². The number of nitrogens with one attached hydrogen (secondary N) is 2. The van der Waals surface area contributed by atoms with Gasteiger partial charge in [0.1, 0.15) is 5.69 Å². The van der Waals surface area contributed by atoms with Crippen molar-refractivity contribution < 1.29 is 4.79 Å². The van der Waals surface area contributed by atoms with Crippen molar-refractivity contribution in [2.75, 3.05) is 18.8 Å². The Morgan fingerprint density at radius 2 is 2.20 bits per heavy atom. The summed E-state index contributed by atoms with van der Waals surface area (Å²) in [5.74, 6) is 0.937. The Kier molecular flexibility index (Phi) is 6.15. The largest absolute Gasteiger partial charge is 0.344 e. The van der Waals surface area contributed by atoms with E-state index in [4.69, 9.17) is 0 Å². The van der Waals surface area contributed by atoms with Crippen LogP contribution in [0.3, 0.4) is 0 Å². The van der Waals surface area contributed by atoms with Gasteiger partial charge in [-0.2, -0.15) is 5.10 Å². The average Bonchev–Trinajstić information content (AvgIpc) is 3.13. The van der Waals surface area contributed by atoms with Gasteiger partial charge in [0.15, 0.2) is 0 Å². The second-order valence-corrected chi connectivity index (χ2v) is 7.72. The molecule has 3 rings (SSSR count). The minimum absolute atomic E-state index is 0.0466. The molecule has 1 aliphatic heterocycles. The summed E-state index contributed by atoms with van der Waals surface area (Å²) >= 11 is 1.82. The lowest BCUT2D eigenvalue weighted by Gasteiger charge is -2.22. The normalized spacial score (nSPS) is 18.7. The monoisotopic (exact) mass is 358 g/mol. The Morgan fingerprint density at radius 1 is 1.40 bits per heavy atom. The fourth-order valence-corrected chi connectivity index (χ4v) is 3.76. The van der Waals surface area contributed by atoms with E-state index in [0.29, 0.717) is 11.7 Å². The van der Waals surface area contributed by atoms with Gasteiger partial charge < -0.3 is 10.6 Å². The van der Waals surface area contributed by atoms with Gasteiger partial charge in [0.05, 0.1) is 12.1 Å². The van der Waals surface area contributed by atoms with Crippen LogP contribution in [0.4, 0.5) is 0 Å². The maximum Gasteiger partial charge on any atom is 0.272 e. The molecule has 5 nitrogen and oxygen atoms in total. The summed E-state index contributed by atoms with van der Waals surface area (Å²) in [6.45, 7) is 6.13. The minimum atomic E-state index is -0.123. The predicted molar refractivity (Wildman–Crippen MR) is 102 cm³/mol. The van der Waals surface area contributed by atoms with Crippen LogP contribution >= 0.6 is 11.8 Å². The average molecular weight is 359 g/mol. The van der Waals surface area contributed by atoms with Crippen LogP contribution in [0.25, 0.3) is 0 Å². The maximum absolute atomic E-state index is 12.5. The van der Waals surface area contributed by atoms with Crippen molar-refractivity contribution in [1.29, 1.82) is 0 Å². The number of thioether (sulfide) groups is 1. The van der Waals surface area contributed by atoms with E-state index in [-0.39, 0.29) is 11.9 Å². The number of carbonyl (C=O) groups excluding carboxylic acids is 1. The van der Waals surface area contributed by atoms with E-state index in [1.807, 2.05) is 29.6 Å². The molecule has 0 radical (unpaired) electrons. The first-order valence-electron chi connectivity index (χ1n) is 8.97. The van der Waals surface area contributed by atoms with Crippen LogP contribution in [0, 0.1) is 0 Å². The summed E-state index contributed by atoms with van der Waals surface area (Å²) in [5, 5.41) is 10.9. The van der Waals surface area contributed by atoms with Crippen LogP contribution in [0.15, 0.2) is 41.4 Å². The fourth-order valence-electron chi connectivity index (χ4n) is 3.10. The summed E-state index contributed by atoms with van der Waals surface area (Å²) in [7, 11) is 0. The van der Waals surface area contributed by atoms with Crippen LogP contribution in [0.2, 0.25) is 0 Å². The Morgan fingerprint density at radius 3 is 2.88 bits per heavy atom. The molecule has 1 saturated heterocycles. The van der Waals surface area contributed by atoms with Crippen molar-refractivity contribution in [2.45, 2.75) is 43.7 Å². The van der Waals surface area contributed by atoms with Crippen molar-refractivity contribution in [1.82, 2.24) is 20.4 Å². The first-order chi connectivity index (χ1) is 12.2. The number of hydrogen-bond acceptors (Lipinski definition) is 4. The van der Waals surface area contributed by atoms with Crippen LogP contribution in [-0.4, -0.2) is 34.5 Å². The first kappa shape index (κ1) is 18.0. The molecule has 0 saturated carbocycles. The van der Waals surface area contributed by atoms with Gasteiger partial charge >= 0.3 is 0 Å². The van der Waals surface area contributed by atoms with Crippen molar-refractivity contribution >= 4 is 17.7 Å². The van der Waals surface area contributed by atoms with Crippen molar-refractivity contribution in [3.63, 3.8) is 0 Å². The molecule has 2 heterocycles. The number of rotatable bonds is 6. The molecule has 2 atom stereocenters. The lowest BCUT2D eigenvalue weighted by atomic mass is 10.1. The summed E-state index contributed by atoms with van der Waals surface area (Å²) in [6, 6.07) is 10.5. The summed E-state index contributed by atoms with van der Waals surface area (Å²) < 4.78 is 1.92. The van der Waals surface area contributed by atoms with Gasteiger partial charge in [0, 0.05) is 17.6 Å². The highest BCUT2D eigenvalue weighted by atomic mass is 32.2. The number of benzene rings is 1. The smallest absolute Gasteiger partial charge is 0.272 e. The molecule has 0 spiro atoms. The molecule has 1 fully saturated rings. The van der Waals surface area contributed by atoms with Gasteiger partial charge in [-0.25, -0.2) is 0 Å². The third-order valence-corrected chi connectivity index (χ3v) is 5.42. The van der Waals surface area contributed by atoms with Crippen LogP contribution in [0.1, 0.15) is 54.8 Å². The highest BCUT2D eigenvalue weighted by Gasteiger charge is 2.18. The van der Waals surface area contributed by atoms with Crippen LogP contribution in [0.5, 0.6) is 0 Å². The van der Waals surface area contributed by atoms with Gasteiger partial charge in [-0.15, -0.1) is 11.8 Å². The number of nitrogens with zero attached hydrogens (tertiary/aromatic N) is 2. The van der Waals surface area contributed by atoms with E-state index in [1.54, 1.807) is 6.07 Å². The van der Waals surface area contributed by atoms with Gasteiger partial charge in [-0.1, -0.05) is 19.1 Å². The summed E-state index contributed by atoms with van der Waals surface area (Å²) in [4.78, 5) is 13.7. The van der Waals surface area contributed by atoms with E-state index < -0.39 is 0 Å². The summed E-state index contributed by atoms with van der Waals surface area (Å²) in [5.41, 5.74) is 1.58. The van der Waals surface area contributed by atoms with Crippen molar-refractivity contribution in [3.05, 3.63) is 47.8 Å². The molecule has 2 N–H and O–H groups in total. The zero-order valence-corrected chi connectivity index (χ0v) is 15.7. The Bertz CT molecular complexity index is 692. The third-order valence-electron chi connectivity index (χ3n) is 4.52. The van der Waals surface area contributed by atoms with E-state index >= 15 is 0 Å². The molecule has 2 aromatic rings. The molecule has 1 aromatic heterocycles.